The molecular formula is C15H22N2O2. The second-order valence-electron chi connectivity index (χ2n) is 5.16. The Labute approximate surface area is 114 Å². The van der Waals surface area contributed by atoms with Crippen molar-refractivity contribution in [1.29, 1.82) is 0 Å². The number of hydrogen-bond donors (Lipinski definition) is 1. The van der Waals surface area contributed by atoms with E-state index < -0.39 is 5.97 Å². The third kappa shape index (κ3) is 3.26. The van der Waals surface area contributed by atoms with Crippen LogP contribution in [0.1, 0.15) is 18.9 Å². The van der Waals surface area contributed by atoms with Crippen molar-refractivity contribution >= 4 is 11.7 Å². The molecule has 0 bridgehead atoms. The van der Waals surface area contributed by atoms with Crippen LogP contribution >= 0.6 is 0 Å². The van der Waals surface area contributed by atoms with Crippen LogP contribution in [0.25, 0.3) is 0 Å². The van der Waals surface area contributed by atoms with Crippen LogP contribution in [0, 0.1) is 0 Å². The fourth-order valence-corrected chi connectivity index (χ4v) is 2.71. The molecule has 1 aromatic carbocycles. The highest BCUT2D eigenvalue weighted by atomic mass is 16.4. The molecule has 1 N–H and O–H groups in total. The third-order valence-corrected chi connectivity index (χ3v) is 3.90. The van der Waals surface area contributed by atoms with Gasteiger partial charge in [0.2, 0.25) is 0 Å². The molecule has 1 aliphatic rings. The van der Waals surface area contributed by atoms with Gasteiger partial charge >= 0.3 is 5.97 Å². The van der Waals surface area contributed by atoms with E-state index in [1.54, 1.807) is 0 Å². The van der Waals surface area contributed by atoms with Gasteiger partial charge in [-0.05, 0) is 25.1 Å². The van der Waals surface area contributed by atoms with Crippen LogP contribution in [-0.4, -0.2) is 48.7 Å². The molecule has 4 nitrogen and oxygen atoms in total. The van der Waals surface area contributed by atoms with Crippen molar-refractivity contribution in [3.8, 4) is 0 Å². The fraction of sp³-hybridized carbons (Fsp3) is 0.533. The van der Waals surface area contributed by atoms with E-state index in [-0.39, 0.29) is 12.5 Å². The molecular weight excluding hydrogens is 240 g/mol. The molecule has 4 heteroatoms. The average molecular weight is 262 g/mol. The lowest BCUT2D eigenvalue weighted by Crippen LogP contribution is -2.52. The number of likely N-dealkylation sites (N-methyl/N-ethyl adjacent to an activating group) is 1. The maximum absolute atomic E-state index is 10.9. The number of nitrogens with zero attached hydrogens (tertiary/aromatic N) is 2. The van der Waals surface area contributed by atoms with E-state index in [0.29, 0.717) is 0 Å². The number of anilines is 1. The molecule has 0 amide bonds. The van der Waals surface area contributed by atoms with Crippen LogP contribution in [0.3, 0.4) is 0 Å². The summed E-state index contributed by atoms with van der Waals surface area (Å²) >= 11 is 0. The van der Waals surface area contributed by atoms with E-state index in [4.69, 9.17) is 5.11 Å². The van der Waals surface area contributed by atoms with Gasteiger partial charge in [0.15, 0.2) is 0 Å². The van der Waals surface area contributed by atoms with Crippen molar-refractivity contribution in [1.82, 2.24) is 4.90 Å². The number of carboxylic acids is 1. The molecule has 2 rings (SSSR count). The highest BCUT2D eigenvalue weighted by Crippen LogP contribution is 2.24. The second-order valence-corrected chi connectivity index (χ2v) is 5.16. The van der Waals surface area contributed by atoms with Crippen LogP contribution in [0.5, 0.6) is 0 Å². The molecule has 104 valence electrons. The van der Waals surface area contributed by atoms with Gasteiger partial charge in [-0.2, -0.15) is 0 Å². The Kier molecular flexibility index (Phi) is 4.43. The molecule has 1 aromatic rings. The lowest BCUT2D eigenvalue weighted by Gasteiger charge is -2.40. The Morgan fingerprint density at radius 2 is 2.11 bits per heavy atom. The second kappa shape index (κ2) is 6.06. The summed E-state index contributed by atoms with van der Waals surface area (Å²) in [4.78, 5) is 15.4. The number of benzene rings is 1. The topological polar surface area (TPSA) is 43.8 Å². The Bertz CT molecular complexity index is 448. The highest BCUT2D eigenvalue weighted by molar-refractivity contribution is 5.68. The first-order valence-electron chi connectivity index (χ1n) is 6.86. The van der Waals surface area contributed by atoms with Gasteiger partial charge in [0, 0.05) is 31.4 Å². The van der Waals surface area contributed by atoms with E-state index in [9.17, 15) is 4.79 Å². The van der Waals surface area contributed by atoms with Crippen molar-refractivity contribution in [2.24, 2.45) is 0 Å². The number of aryl methyl sites for hydroxylation is 1. The van der Waals surface area contributed by atoms with Crippen LogP contribution in [0.4, 0.5) is 5.69 Å². The van der Waals surface area contributed by atoms with E-state index in [1.807, 2.05) is 7.05 Å². The fourth-order valence-electron chi connectivity index (χ4n) is 2.71. The first-order chi connectivity index (χ1) is 9.11. The van der Waals surface area contributed by atoms with Gasteiger partial charge < -0.3 is 10.0 Å². The zero-order valence-corrected chi connectivity index (χ0v) is 11.7. The first kappa shape index (κ1) is 13.9. The van der Waals surface area contributed by atoms with Gasteiger partial charge in [-0.15, -0.1) is 0 Å². The Morgan fingerprint density at radius 1 is 1.37 bits per heavy atom. The normalized spacial score (nSPS) is 20.5. The molecule has 19 heavy (non-hydrogen) atoms. The number of rotatable bonds is 4. The first-order valence-corrected chi connectivity index (χ1v) is 6.86. The average Bonchev–Trinajstić information content (AvgIpc) is 2.41. The minimum atomic E-state index is -0.720. The van der Waals surface area contributed by atoms with Gasteiger partial charge in [0.05, 0.1) is 6.42 Å². The van der Waals surface area contributed by atoms with Crippen LogP contribution < -0.4 is 4.90 Å². The summed E-state index contributed by atoms with van der Waals surface area (Å²) < 4.78 is 0. The van der Waals surface area contributed by atoms with Gasteiger partial charge in [-0.1, -0.05) is 25.1 Å². The van der Waals surface area contributed by atoms with Crippen LogP contribution in [-0.2, 0) is 11.2 Å². The van der Waals surface area contributed by atoms with Gasteiger partial charge in [-0.25, -0.2) is 0 Å². The maximum Gasteiger partial charge on any atom is 0.305 e. The molecule has 0 aliphatic carbocycles. The zero-order valence-electron chi connectivity index (χ0n) is 11.7. The zero-order chi connectivity index (χ0) is 13.8. The summed E-state index contributed by atoms with van der Waals surface area (Å²) in [6.07, 6.45) is 1.22. The number of aliphatic carboxylic acids is 1. The summed E-state index contributed by atoms with van der Waals surface area (Å²) in [5, 5.41) is 9.00. The van der Waals surface area contributed by atoms with E-state index in [2.05, 4.69) is 41.0 Å². The third-order valence-electron chi connectivity index (χ3n) is 3.90. The van der Waals surface area contributed by atoms with Gasteiger partial charge in [-0.3, -0.25) is 9.69 Å². The lowest BCUT2D eigenvalue weighted by molar-refractivity contribution is -0.138. The molecule has 0 aromatic heterocycles. The quantitative estimate of drug-likeness (QED) is 0.899. The van der Waals surface area contributed by atoms with Gasteiger partial charge in [0.25, 0.3) is 0 Å². The molecule has 0 spiro atoms. The number of carboxylic acid groups (broad SMARTS) is 1. The van der Waals surface area contributed by atoms with Crippen molar-refractivity contribution in [2.75, 3.05) is 31.6 Å². The minimum absolute atomic E-state index is 0.0937. The Hall–Kier alpha value is -1.55. The predicted octanol–water partition coefficient (Wildman–Crippen LogP) is 1.84. The van der Waals surface area contributed by atoms with Crippen molar-refractivity contribution in [2.45, 2.75) is 25.8 Å². The summed E-state index contributed by atoms with van der Waals surface area (Å²) in [6.45, 7) is 4.82. The summed E-state index contributed by atoms with van der Waals surface area (Å²) in [7, 11) is 2.01. The minimum Gasteiger partial charge on any atom is -0.481 e. The molecule has 0 saturated carbocycles. The molecule has 1 aliphatic heterocycles. The largest absolute Gasteiger partial charge is 0.481 e. The monoisotopic (exact) mass is 262 g/mol. The SMILES string of the molecule is CCc1ccccc1N1CCN(C)C(CC(=O)O)C1. The number of piperazine rings is 1. The van der Waals surface area contributed by atoms with E-state index in [0.717, 1.165) is 26.1 Å². The van der Waals surface area contributed by atoms with Crippen molar-refractivity contribution < 1.29 is 9.90 Å². The molecule has 1 unspecified atom stereocenters. The number of carbonyl (C=O) groups is 1. The van der Waals surface area contributed by atoms with Crippen molar-refractivity contribution in [3.05, 3.63) is 29.8 Å². The van der Waals surface area contributed by atoms with Crippen LogP contribution in [0.15, 0.2) is 24.3 Å². The molecule has 0 radical (unpaired) electrons. The van der Waals surface area contributed by atoms with E-state index in [1.165, 1.54) is 11.3 Å². The standard InChI is InChI=1S/C15H22N2O2/c1-3-12-6-4-5-7-14(12)17-9-8-16(2)13(11-17)10-15(18)19/h4-7,13H,3,8-11H2,1-2H3,(H,18,19). The highest BCUT2D eigenvalue weighted by Gasteiger charge is 2.26. The lowest BCUT2D eigenvalue weighted by atomic mass is 10.1. The summed E-state index contributed by atoms with van der Waals surface area (Å²) in [6, 6.07) is 8.50. The molecule has 1 fully saturated rings. The number of hydrogen-bond acceptors (Lipinski definition) is 3. The molecule has 1 heterocycles. The Balaban J connectivity index is 2.15. The smallest absolute Gasteiger partial charge is 0.305 e. The Morgan fingerprint density at radius 3 is 2.79 bits per heavy atom. The van der Waals surface area contributed by atoms with Crippen LogP contribution in [0.2, 0.25) is 0 Å². The maximum atomic E-state index is 10.9. The summed E-state index contributed by atoms with van der Waals surface area (Å²) in [5.41, 5.74) is 2.59. The summed E-state index contributed by atoms with van der Waals surface area (Å²) in [5.74, 6) is -0.720. The van der Waals surface area contributed by atoms with E-state index >= 15 is 0 Å². The van der Waals surface area contributed by atoms with Gasteiger partial charge in [0.1, 0.15) is 0 Å². The molecule has 1 saturated heterocycles. The predicted molar refractivity (Wildman–Crippen MR) is 76.7 cm³/mol. The number of para-hydroxylation sites is 1. The molecule has 1 atom stereocenters. The van der Waals surface area contributed by atoms with Crippen molar-refractivity contribution in [3.63, 3.8) is 0 Å².